The van der Waals surface area contributed by atoms with Crippen molar-refractivity contribution < 1.29 is 18.1 Å². The summed E-state index contributed by atoms with van der Waals surface area (Å²) in [6.07, 6.45) is 0. The first-order chi connectivity index (χ1) is 10.2. The third kappa shape index (κ3) is 4.29. The van der Waals surface area contributed by atoms with Crippen molar-refractivity contribution in [2.24, 2.45) is 0 Å². The Morgan fingerprint density at radius 3 is 2.55 bits per heavy atom. The zero-order chi connectivity index (χ0) is 16.4. The highest BCUT2D eigenvalue weighted by Crippen LogP contribution is 2.20. The second kappa shape index (κ2) is 6.97. The van der Waals surface area contributed by atoms with Crippen LogP contribution in [0.5, 0.6) is 0 Å². The molecule has 0 aromatic heterocycles. The molecular weight excluding hydrogens is 368 g/mol. The molecule has 0 unspecified atom stereocenters. The van der Waals surface area contributed by atoms with E-state index in [0.717, 1.165) is 36.3 Å². The summed E-state index contributed by atoms with van der Waals surface area (Å²) in [6.45, 7) is 9.74. The SMILES string of the molecule is Cc1cc(S(=O)(=O)NCC(C)(C)[NH+]2CCOCC2)ccc1Br. The first kappa shape index (κ1) is 17.9. The molecule has 124 valence electrons. The van der Waals surface area contributed by atoms with Crippen LogP contribution in [-0.4, -0.2) is 46.8 Å². The summed E-state index contributed by atoms with van der Waals surface area (Å²) in [5.74, 6) is 0. The molecule has 1 aromatic carbocycles. The van der Waals surface area contributed by atoms with Crippen molar-refractivity contribution >= 4 is 26.0 Å². The summed E-state index contributed by atoms with van der Waals surface area (Å²) in [5, 5.41) is 0. The second-order valence-corrected chi connectivity index (χ2v) is 8.96. The normalized spacial score (nSPS) is 17.6. The van der Waals surface area contributed by atoms with Crippen LogP contribution in [-0.2, 0) is 14.8 Å². The number of morpholine rings is 1. The number of hydrogen-bond acceptors (Lipinski definition) is 3. The van der Waals surface area contributed by atoms with E-state index < -0.39 is 10.0 Å². The largest absolute Gasteiger partial charge is 0.370 e. The van der Waals surface area contributed by atoms with E-state index in [1.54, 1.807) is 18.2 Å². The third-order valence-electron chi connectivity index (χ3n) is 4.20. The van der Waals surface area contributed by atoms with Gasteiger partial charge in [0.25, 0.3) is 0 Å². The number of rotatable bonds is 5. The Labute approximate surface area is 141 Å². The van der Waals surface area contributed by atoms with E-state index in [1.807, 2.05) is 6.92 Å². The van der Waals surface area contributed by atoms with E-state index in [2.05, 4.69) is 34.5 Å². The maximum Gasteiger partial charge on any atom is 0.240 e. The van der Waals surface area contributed by atoms with Crippen molar-refractivity contribution in [3.63, 3.8) is 0 Å². The molecular formula is C15H24BrN2O3S+. The molecule has 7 heteroatoms. The summed E-state index contributed by atoms with van der Waals surface area (Å²) in [4.78, 5) is 1.68. The Bertz CT molecular complexity index is 626. The average Bonchev–Trinajstić information content (AvgIpc) is 2.49. The van der Waals surface area contributed by atoms with E-state index in [-0.39, 0.29) is 5.54 Å². The van der Waals surface area contributed by atoms with Gasteiger partial charge < -0.3 is 9.64 Å². The second-order valence-electron chi connectivity index (χ2n) is 6.34. The number of sulfonamides is 1. The number of benzene rings is 1. The number of quaternary nitrogens is 1. The van der Waals surface area contributed by atoms with Gasteiger partial charge in [-0.2, -0.15) is 0 Å². The lowest BCUT2D eigenvalue weighted by atomic mass is 10.0. The molecule has 0 spiro atoms. The minimum Gasteiger partial charge on any atom is -0.370 e. The molecule has 5 nitrogen and oxygen atoms in total. The molecule has 0 aliphatic carbocycles. The molecule has 22 heavy (non-hydrogen) atoms. The Hall–Kier alpha value is -0.470. The van der Waals surface area contributed by atoms with E-state index in [4.69, 9.17) is 4.74 Å². The van der Waals surface area contributed by atoms with Gasteiger partial charge in [0.2, 0.25) is 10.0 Å². The standard InChI is InChI=1S/C15H23BrN2O3S/c1-12-10-13(4-5-14(12)16)22(19,20)17-11-15(2,3)18-6-8-21-9-7-18/h4-5,10,17H,6-9,11H2,1-3H3/p+1. The van der Waals surface area contributed by atoms with E-state index in [0.29, 0.717) is 11.4 Å². The van der Waals surface area contributed by atoms with Crippen molar-refractivity contribution in [1.29, 1.82) is 0 Å². The van der Waals surface area contributed by atoms with Crippen LogP contribution in [0, 0.1) is 6.92 Å². The molecule has 1 aromatic rings. The number of hydrogen-bond donors (Lipinski definition) is 2. The van der Waals surface area contributed by atoms with Crippen LogP contribution < -0.4 is 9.62 Å². The smallest absolute Gasteiger partial charge is 0.240 e. The summed E-state index contributed by atoms with van der Waals surface area (Å²) < 4.78 is 34.0. The van der Waals surface area contributed by atoms with Crippen molar-refractivity contribution in [3.8, 4) is 0 Å². The van der Waals surface area contributed by atoms with Crippen molar-refractivity contribution in [3.05, 3.63) is 28.2 Å². The summed E-state index contributed by atoms with van der Waals surface area (Å²) >= 11 is 3.39. The van der Waals surface area contributed by atoms with E-state index in [1.165, 1.54) is 4.90 Å². The molecule has 0 bridgehead atoms. The van der Waals surface area contributed by atoms with Crippen molar-refractivity contribution in [1.82, 2.24) is 4.72 Å². The summed E-state index contributed by atoms with van der Waals surface area (Å²) in [6, 6.07) is 5.07. The minimum atomic E-state index is -3.49. The lowest BCUT2D eigenvalue weighted by Gasteiger charge is -2.37. The fraction of sp³-hybridized carbons (Fsp3) is 0.600. The maximum atomic E-state index is 12.5. The van der Waals surface area contributed by atoms with Gasteiger partial charge in [-0.25, -0.2) is 13.1 Å². The van der Waals surface area contributed by atoms with Gasteiger partial charge in [-0.15, -0.1) is 0 Å². The highest BCUT2D eigenvalue weighted by molar-refractivity contribution is 9.10. The topological polar surface area (TPSA) is 59.8 Å². The van der Waals surface area contributed by atoms with Crippen LogP contribution in [0.25, 0.3) is 0 Å². The van der Waals surface area contributed by atoms with Gasteiger partial charge in [0.1, 0.15) is 18.6 Å². The zero-order valence-electron chi connectivity index (χ0n) is 13.3. The summed E-state index contributed by atoms with van der Waals surface area (Å²) in [5.41, 5.74) is 0.738. The molecule has 1 heterocycles. The molecule has 0 amide bonds. The Morgan fingerprint density at radius 1 is 1.32 bits per heavy atom. The lowest BCUT2D eigenvalue weighted by Crippen LogP contribution is -3.22. The quantitative estimate of drug-likeness (QED) is 0.777. The van der Waals surface area contributed by atoms with Crippen LogP contribution in [0.1, 0.15) is 19.4 Å². The zero-order valence-corrected chi connectivity index (χ0v) is 15.7. The first-order valence-electron chi connectivity index (χ1n) is 7.41. The van der Waals surface area contributed by atoms with E-state index in [9.17, 15) is 8.42 Å². The van der Waals surface area contributed by atoms with Crippen molar-refractivity contribution in [2.45, 2.75) is 31.2 Å². The van der Waals surface area contributed by atoms with Crippen LogP contribution in [0.2, 0.25) is 0 Å². The molecule has 0 radical (unpaired) electrons. The third-order valence-corrected chi connectivity index (χ3v) is 6.49. The Balaban J connectivity index is 2.06. The molecule has 1 fully saturated rings. The molecule has 2 N–H and O–H groups in total. The molecule has 1 saturated heterocycles. The molecule has 2 rings (SSSR count). The predicted octanol–water partition coefficient (Wildman–Crippen LogP) is 0.730. The van der Waals surface area contributed by atoms with Gasteiger partial charge in [0.15, 0.2) is 0 Å². The molecule has 0 saturated carbocycles. The molecule has 1 aliphatic heterocycles. The fourth-order valence-corrected chi connectivity index (χ4v) is 4.11. The monoisotopic (exact) mass is 391 g/mol. The molecule has 0 atom stereocenters. The summed E-state index contributed by atoms with van der Waals surface area (Å²) in [7, 11) is -3.49. The fourth-order valence-electron chi connectivity index (χ4n) is 2.56. The first-order valence-corrected chi connectivity index (χ1v) is 9.69. The van der Waals surface area contributed by atoms with Gasteiger partial charge in [0.05, 0.1) is 24.7 Å². The minimum absolute atomic E-state index is 0.165. The number of halogens is 1. The van der Waals surface area contributed by atoms with Gasteiger partial charge in [-0.05, 0) is 44.5 Å². The maximum absolute atomic E-state index is 12.5. The van der Waals surface area contributed by atoms with Gasteiger partial charge in [-0.3, -0.25) is 0 Å². The van der Waals surface area contributed by atoms with Gasteiger partial charge in [-0.1, -0.05) is 15.9 Å². The molecule has 1 aliphatic rings. The predicted molar refractivity (Wildman–Crippen MR) is 89.7 cm³/mol. The van der Waals surface area contributed by atoms with Crippen molar-refractivity contribution in [2.75, 3.05) is 32.8 Å². The van der Waals surface area contributed by atoms with E-state index >= 15 is 0 Å². The van der Waals surface area contributed by atoms with Crippen LogP contribution in [0.4, 0.5) is 0 Å². The lowest BCUT2D eigenvalue weighted by molar-refractivity contribution is -0.954. The van der Waals surface area contributed by atoms with Gasteiger partial charge in [0, 0.05) is 4.47 Å². The van der Waals surface area contributed by atoms with Crippen LogP contribution in [0.3, 0.4) is 0 Å². The number of nitrogens with one attached hydrogen (secondary N) is 2. The van der Waals surface area contributed by atoms with Crippen LogP contribution in [0.15, 0.2) is 27.6 Å². The average molecular weight is 392 g/mol. The number of ether oxygens (including phenoxy) is 1. The Morgan fingerprint density at radius 2 is 1.95 bits per heavy atom. The highest BCUT2D eigenvalue weighted by atomic mass is 79.9. The number of aryl methyl sites for hydroxylation is 1. The Kier molecular flexibility index (Phi) is 5.66. The van der Waals surface area contributed by atoms with Crippen LogP contribution >= 0.6 is 15.9 Å². The highest BCUT2D eigenvalue weighted by Gasteiger charge is 2.33. The van der Waals surface area contributed by atoms with Gasteiger partial charge >= 0.3 is 0 Å².